The zero-order valence-electron chi connectivity index (χ0n) is 11.3. The molecule has 1 aliphatic rings. The lowest BCUT2D eigenvalue weighted by molar-refractivity contribution is 0.185. The molecule has 1 atom stereocenters. The van der Waals surface area contributed by atoms with Gasteiger partial charge in [0.05, 0.1) is 6.61 Å². The van der Waals surface area contributed by atoms with Gasteiger partial charge in [0.25, 0.3) is 0 Å². The maximum Gasteiger partial charge on any atom is 0.328 e. The average molecular weight is 253 g/mol. The molecule has 0 bridgehead atoms. The molecule has 1 aromatic heterocycles. The van der Waals surface area contributed by atoms with Crippen LogP contribution in [0.1, 0.15) is 26.3 Å². The molecule has 0 amide bonds. The molecule has 5 heteroatoms. The van der Waals surface area contributed by atoms with Crippen LogP contribution in [0.15, 0.2) is 17.2 Å². The van der Waals surface area contributed by atoms with Gasteiger partial charge in [-0.2, -0.15) is 0 Å². The van der Waals surface area contributed by atoms with Gasteiger partial charge in [-0.05, 0) is 26.2 Å². The van der Waals surface area contributed by atoms with Crippen LogP contribution in [0.2, 0.25) is 0 Å². The molecule has 1 aliphatic heterocycles. The molecular weight excluding hydrogens is 230 g/mol. The summed E-state index contributed by atoms with van der Waals surface area (Å²) in [6.07, 6.45) is 4.87. The van der Waals surface area contributed by atoms with Gasteiger partial charge in [-0.25, -0.2) is 4.79 Å². The Balaban J connectivity index is 1.74. The molecule has 0 radical (unpaired) electrons. The third kappa shape index (κ3) is 3.23. The lowest BCUT2D eigenvalue weighted by atomic mass is 10.1. The first kappa shape index (κ1) is 13.4. The molecule has 5 nitrogen and oxygen atoms in total. The minimum Gasteiger partial charge on any atom is -0.381 e. The van der Waals surface area contributed by atoms with Crippen LogP contribution in [0.25, 0.3) is 0 Å². The Kier molecular flexibility index (Phi) is 4.60. The number of nitrogens with zero attached hydrogens (tertiary/aromatic N) is 2. The SMILES string of the molecule is CC(C)n1ccn(CCNCC2CCOC2)c1=O. The summed E-state index contributed by atoms with van der Waals surface area (Å²) in [7, 11) is 0. The van der Waals surface area contributed by atoms with Crippen molar-refractivity contribution in [3.8, 4) is 0 Å². The molecule has 0 aliphatic carbocycles. The molecule has 1 unspecified atom stereocenters. The van der Waals surface area contributed by atoms with Crippen molar-refractivity contribution >= 4 is 0 Å². The second kappa shape index (κ2) is 6.20. The molecule has 102 valence electrons. The Labute approximate surface area is 108 Å². The summed E-state index contributed by atoms with van der Waals surface area (Å²) in [5.74, 6) is 0.641. The van der Waals surface area contributed by atoms with Crippen molar-refractivity contribution in [2.24, 2.45) is 5.92 Å². The topological polar surface area (TPSA) is 48.2 Å². The summed E-state index contributed by atoms with van der Waals surface area (Å²) in [6, 6.07) is 0.224. The molecule has 0 saturated carbocycles. The van der Waals surface area contributed by atoms with Crippen molar-refractivity contribution in [2.45, 2.75) is 32.9 Å². The maximum atomic E-state index is 11.9. The van der Waals surface area contributed by atoms with E-state index in [9.17, 15) is 4.79 Å². The lowest BCUT2D eigenvalue weighted by Crippen LogP contribution is -2.31. The molecule has 1 saturated heterocycles. The maximum absolute atomic E-state index is 11.9. The first-order valence-corrected chi connectivity index (χ1v) is 6.74. The van der Waals surface area contributed by atoms with E-state index in [1.54, 1.807) is 9.13 Å². The first-order chi connectivity index (χ1) is 8.68. The second-order valence-electron chi connectivity index (χ2n) is 5.21. The summed E-state index contributed by atoms with van der Waals surface area (Å²) in [4.78, 5) is 11.9. The van der Waals surface area contributed by atoms with Crippen molar-refractivity contribution in [1.29, 1.82) is 0 Å². The summed E-state index contributed by atoms with van der Waals surface area (Å²) < 4.78 is 8.84. The highest BCUT2D eigenvalue weighted by Gasteiger charge is 2.14. The number of hydrogen-bond acceptors (Lipinski definition) is 3. The Bertz CT molecular complexity index is 416. The van der Waals surface area contributed by atoms with E-state index in [1.165, 1.54) is 0 Å². The van der Waals surface area contributed by atoms with Gasteiger partial charge in [0.1, 0.15) is 0 Å². The largest absolute Gasteiger partial charge is 0.381 e. The fourth-order valence-electron chi connectivity index (χ4n) is 2.24. The average Bonchev–Trinajstić information content (AvgIpc) is 2.95. The number of rotatable bonds is 6. The number of ether oxygens (including phenoxy) is 1. The standard InChI is InChI=1S/C13H23N3O2/c1-11(2)16-7-6-15(13(16)17)5-4-14-9-12-3-8-18-10-12/h6-7,11-12,14H,3-5,8-10H2,1-2H3. The highest BCUT2D eigenvalue weighted by atomic mass is 16.5. The highest BCUT2D eigenvalue weighted by Crippen LogP contribution is 2.10. The zero-order valence-corrected chi connectivity index (χ0v) is 11.3. The lowest BCUT2D eigenvalue weighted by Gasteiger charge is -2.09. The van der Waals surface area contributed by atoms with E-state index in [2.05, 4.69) is 5.32 Å². The second-order valence-corrected chi connectivity index (χ2v) is 5.21. The Morgan fingerprint density at radius 1 is 1.50 bits per heavy atom. The molecule has 1 fully saturated rings. The van der Waals surface area contributed by atoms with Crippen LogP contribution < -0.4 is 11.0 Å². The molecule has 2 rings (SSSR count). The van der Waals surface area contributed by atoms with Crippen LogP contribution in [0.3, 0.4) is 0 Å². The van der Waals surface area contributed by atoms with E-state index < -0.39 is 0 Å². The fourth-order valence-corrected chi connectivity index (χ4v) is 2.24. The van der Waals surface area contributed by atoms with Crippen LogP contribution in [-0.4, -0.2) is 35.4 Å². The summed E-state index contributed by atoms with van der Waals surface area (Å²) in [5.41, 5.74) is 0.0796. The van der Waals surface area contributed by atoms with Crippen molar-refractivity contribution in [2.75, 3.05) is 26.3 Å². The van der Waals surface area contributed by atoms with Gasteiger partial charge in [0.2, 0.25) is 0 Å². The van der Waals surface area contributed by atoms with E-state index >= 15 is 0 Å². The van der Waals surface area contributed by atoms with E-state index in [0.29, 0.717) is 5.92 Å². The molecule has 18 heavy (non-hydrogen) atoms. The van der Waals surface area contributed by atoms with Crippen LogP contribution in [0.4, 0.5) is 0 Å². The van der Waals surface area contributed by atoms with Crippen LogP contribution in [-0.2, 0) is 11.3 Å². The van der Waals surface area contributed by atoms with E-state index in [0.717, 1.165) is 39.3 Å². The van der Waals surface area contributed by atoms with Gasteiger partial charge in [0.15, 0.2) is 0 Å². The normalized spacial score (nSPS) is 19.8. The van der Waals surface area contributed by atoms with E-state index in [4.69, 9.17) is 4.74 Å². The molecule has 1 aromatic rings. The van der Waals surface area contributed by atoms with Gasteiger partial charge in [-0.3, -0.25) is 9.13 Å². The van der Waals surface area contributed by atoms with E-state index in [-0.39, 0.29) is 11.7 Å². The number of imidazole rings is 1. The summed E-state index contributed by atoms with van der Waals surface area (Å²) in [5, 5.41) is 3.39. The third-order valence-corrected chi connectivity index (χ3v) is 3.42. The van der Waals surface area contributed by atoms with Crippen molar-refractivity contribution < 1.29 is 4.74 Å². The van der Waals surface area contributed by atoms with Crippen LogP contribution in [0.5, 0.6) is 0 Å². The zero-order chi connectivity index (χ0) is 13.0. The number of hydrogen-bond donors (Lipinski definition) is 1. The molecule has 1 N–H and O–H groups in total. The fraction of sp³-hybridized carbons (Fsp3) is 0.769. The molecule has 2 heterocycles. The number of nitrogens with one attached hydrogen (secondary N) is 1. The van der Waals surface area contributed by atoms with Crippen LogP contribution >= 0.6 is 0 Å². The van der Waals surface area contributed by atoms with Crippen molar-refractivity contribution in [1.82, 2.24) is 14.5 Å². The van der Waals surface area contributed by atoms with E-state index in [1.807, 2.05) is 26.2 Å². The third-order valence-electron chi connectivity index (χ3n) is 3.42. The summed E-state index contributed by atoms with van der Waals surface area (Å²) in [6.45, 7) is 8.35. The minimum atomic E-state index is 0.0796. The highest BCUT2D eigenvalue weighted by molar-refractivity contribution is 4.83. The Morgan fingerprint density at radius 3 is 2.94 bits per heavy atom. The van der Waals surface area contributed by atoms with Crippen molar-refractivity contribution in [3.63, 3.8) is 0 Å². The number of aromatic nitrogens is 2. The predicted molar refractivity (Wildman–Crippen MR) is 70.9 cm³/mol. The monoisotopic (exact) mass is 253 g/mol. The van der Waals surface area contributed by atoms with Crippen molar-refractivity contribution in [3.05, 3.63) is 22.9 Å². The quantitative estimate of drug-likeness (QED) is 0.765. The Hall–Kier alpha value is -1.07. The Morgan fingerprint density at radius 2 is 2.33 bits per heavy atom. The predicted octanol–water partition coefficient (Wildman–Crippen LogP) is 0.857. The van der Waals surface area contributed by atoms with Crippen LogP contribution in [0, 0.1) is 5.92 Å². The van der Waals surface area contributed by atoms with Gasteiger partial charge < -0.3 is 10.1 Å². The minimum absolute atomic E-state index is 0.0796. The first-order valence-electron chi connectivity index (χ1n) is 6.74. The van der Waals surface area contributed by atoms with Gasteiger partial charge in [-0.15, -0.1) is 0 Å². The van der Waals surface area contributed by atoms with Gasteiger partial charge in [-0.1, -0.05) is 0 Å². The van der Waals surface area contributed by atoms with Gasteiger partial charge >= 0.3 is 5.69 Å². The molecule has 0 aromatic carbocycles. The van der Waals surface area contributed by atoms with Gasteiger partial charge in [0, 0.05) is 44.7 Å². The molecular formula is C13H23N3O2. The molecule has 0 spiro atoms. The summed E-state index contributed by atoms with van der Waals surface area (Å²) >= 11 is 0. The smallest absolute Gasteiger partial charge is 0.328 e.